The summed E-state index contributed by atoms with van der Waals surface area (Å²) in [5.41, 5.74) is 3.29. The molecule has 3 heteroatoms. The lowest BCUT2D eigenvalue weighted by molar-refractivity contribution is -0.0220. The van der Waals surface area contributed by atoms with Gasteiger partial charge in [0.1, 0.15) is 0 Å². The lowest BCUT2D eigenvalue weighted by Gasteiger charge is -2.33. The van der Waals surface area contributed by atoms with Gasteiger partial charge in [-0.3, -0.25) is 0 Å². The van der Waals surface area contributed by atoms with Gasteiger partial charge in [-0.05, 0) is 29.3 Å². The van der Waals surface area contributed by atoms with E-state index >= 15 is 0 Å². The molecule has 20 heavy (non-hydrogen) atoms. The molecule has 2 aromatic rings. The maximum absolute atomic E-state index is 13.1. The van der Waals surface area contributed by atoms with E-state index in [1.54, 1.807) is 0 Å². The van der Waals surface area contributed by atoms with Crippen molar-refractivity contribution in [1.29, 1.82) is 0 Å². The highest BCUT2D eigenvalue weighted by molar-refractivity contribution is 5.66. The highest BCUT2D eigenvalue weighted by Gasteiger charge is 2.33. The van der Waals surface area contributed by atoms with Crippen LogP contribution in [0.3, 0.4) is 0 Å². The van der Waals surface area contributed by atoms with Crippen LogP contribution in [0.15, 0.2) is 48.5 Å². The number of hydrogen-bond donors (Lipinski definition) is 0. The molecule has 3 rings (SSSR count). The summed E-state index contributed by atoms with van der Waals surface area (Å²) in [6, 6.07) is 18.9. The molecule has 0 amide bonds. The van der Waals surface area contributed by atoms with E-state index in [0.717, 1.165) is 16.8 Å². The van der Waals surface area contributed by atoms with Crippen molar-refractivity contribution in [3.63, 3.8) is 0 Å². The molecule has 0 N–H and O–H groups in total. The Bertz CT molecular complexity index is 553. The molecule has 0 atom stereocenters. The molecule has 0 bridgehead atoms. The smallest absolute Gasteiger partial charge is 0.251 e. The van der Waals surface area contributed by atoms with Crippen molar-refractivity contribution in [2.45, 2.75) is 18.8 Å². The van der Waals surface area contributed by atoms with Crippen molar-refractivity contribution >= 4 is 5.69 Å². The molecule has 0 unspecified atom stereocenters. The minimum Gasteiger partial charge on any atom is -0.371 e. The van der Waals surface area contributed by atoms with Crippen LogP contribution in [0, 0.1) is 6.07 Å². The van der Waals surface area contributed by atoms with E-state index in [0.29, 0.717) is 13.1 Å². The normalized spacial score (nSPS) is 18.0. The van der Waals surface area contributed by atoms with Crippen molar-refractivity contribution in [1.82, 2.24) is 0 Å². The van der Waals surface area contributed by atoms with Gasteiger partial charge < -0.3 is 4.90 Å². The van der Waals surface area contributed by atoms with Crippen molar-refractivity contribution in [3.05, 3.63) is 54.6 Å². The fourth-order valence-electron chi connectivity index (χ4n) is 2.54. The summed E-state index contributed by atoms with van der Waals surface area (Å²) in [5.74, 6) is -2.49. The van der Waals surface area contributed by atoms with Crippen molar-refractivity contribution in [3.8, 4) is 11.1 Å². The van der Waals surface area contributed by atoms with Gasteiger partial charge in [-0.25, -0.2) is 8.78 Å². The van der Waals surface area contributed by atoms with Gasteiger partial charge in [0, 0.05) is 31.6 Å². The quantitative estimate of drug-likeness (QED) is 0.783. The number of piperidine rings is 1. The van der Waals surface area contributed by atoms with Crippen molar-refractivity contribution < 1.29 is 8.78 Å². The Hall–Kier alpha value is -1.90. The first-order valence-corrected chi connectivity index (χ1v) is 6.83. The van der Waals surface area contributed by atoms with Crippen LogP contribution in [0.1, 0.15) is 12.8 Å². The first-order valence-electron chi connectivity index (χ1n) is 6.83. The van der Waals surface area contributed by atoms with Gasteiger partial charge >= 0.3 is 0 Å². The molecule has 0 aliphatic carbocycles. The first-order chi connectivity index (χ1) is 9.64. The molecule has 2 aromatic carbocycles. The van der Waals surface area contributed by atoms with E-state index in [2.05, 4.69) is 6.07 Å². The lowest BCUT2D eigenvalue weighted by Crippen LogP contribution is -2.39. The zero-order valence-electron chi connectivity index (χ0n) is 11.2. The second-order valence-electron chi connectivity index (χ2n) is 5.18. The second kappa shape index (κ2) is 5.23. The van der Waals surface area contributed by atoms with Crippen LogP contribution >= 0.6 is 0 Å². The highest BCUT2D eigenvalue weighted by Crippen LogP contribution is 2.31. The lowest BCUT2D eigenvalue weighted by atomic mass is 10.0. The Morgan fingerprint density at radius 3 is 2.00 bits per heavy atom. The Morgan fingerprint density at radius 2 is 1.40 bits per heavy atom. The SMILES string of the molecule is FC1(F)CCN(c2ccc(-c3cc[c]cc3)cc2)CC1. The molecule has 0 aromatic heterocycles. The van der Waals surface area contributed by atoms with Gasteiger partial charge in [-0.1, -0.05) is 36.4 Å². The third-order valence-corrected chi connectivity index (χ3v) is 3.78. The Kier molecular flexibility index (Phi) is 3.43. The molecule has 1 aliphatic heterocycles. The van der Waals surface area contributed by atoms with Crippen molar-refractivity contribution in [2.24, 2.45) is 0 Å². The molecule has 1 aliphatic rings. The predicted octanol–water partition coefficient (Wildman–Crippen LogP) is 4.39. The summed E-state index contributed by atoms with van der Waals surface area (Å²) in [4.78, 5) is 2.03. The number of alkyl halides is 2. The summed E-state index contributed by atoms with van der Waals surface area (Å²) >= 11 is 0. The zero-order valence-corrected chi connectivity index (χ0v) is 11.2. The average molecular weight is 272 g/mol. The molecular formula is C17H16F2N. The largest absolute Gasteiger partial charge is 0.371 e. The maximum Gasteiger partial charge on any atom is 0.251 e. The fraction of sp³-hybridized carbons (Fsp3) is 0.294. The molecule has 1 nitrogen and oxygen atoms in total. The summed E-state index contributed by atoms with van der Waals surface area (Å²) in [5, 5.41) is 0. The van der Waals surface area contributed by atoms with Gasteiger partial charge in [-0.15, -0.1) is 0 Å². The first kappa shape index (κ1) is 13.1. The molecular weight excluding hydrogens is 256 g/mol. The van der Waals surface area contributed by atoms with Crippen LogP contribution in [0.25, 0.3) is 11.1 Å². The van der Waals surface area contributed by atoms with Gasteiger partial charge in [0.05, 0.1) is 0 Å². The van der Waals surface area contributed by atoms with Crippen LogP contribution in [0.2, 0.25) is 0 Å². The van der Waals surface area contributed by atoms with Gasteiger partial charge in [0.15, 0.2) is 0 Å². The number of halogens is 2. The average Bonchev–Trinajstić information content (AvgIpc) is 2.48. The van der Waals surface area contributed by atoms with Crippen LogP contribution in [-0.4, -0.2) is 19.0 Å². The molecule has 0 saturated carbocycles. The van der Waals surface area contributed by atoms with Crippen molar-refractivity contribution in [2.75, 3.05) is 18.0 Å². The minimum atomic E-state index is -2.49. The van der Waals surface area contributed by atoms with E-state index in [9.17, 15) is 8.78 Å². The van der Waals surface area contributed by atoms with Crippen LogP contribution in [-0.2, 0) is 0 Å². The van der Waals surface area contributed by atoms with Gasteiger partial charge in [-0.2, -0.15) is 0 Å². The molecule has 103 valence electrons. The number of hydrogen-bond acceptors (Lipinski definition) is 1. The third kappa shape index (κ3) is 2.82. The van der Waals surface area contributed by atoms with Crippen LogP contribution in [0.4, 0.5) is 14.5 Å². The topological polar surface area (TPSA) is 3.24 Å². The predicted molar refractivity (Wildman–Crippen MR) is 77.1 cm³/mol. The number of anilines is 1. The molecule has 1 radical (unpaired) electrons. The summed E-state index contributed by atoms with van der Waals surface area (Å²) in [6.45, 7) is 0.847. The van der Waals surface area contributed by atoms with Crippen LogP contribution < -0.4 is 4.90 Å². The Balaban J connectivity index is 1.74. The van der Waals surface area contributed by atoms with E-state index in [-0.39, 0.29) is 12.8 Å². The standard InChI is InChI=1S/C17H16F2N/c18-17(19)10-12-20(13-11-17)16-8-6-15(7-9-16)14-4-2-1-3-5-14/h2-9H,10-13H2. The minimum absolute atomic E-state index is 0.0523. The maximum atomic E-state index is 13.1. The van der Waals surface area contributed by atoms with Gasteiger partial charge in [0.25, 0.3) is 5.92 Å². The monoisotopic (exact) mass is 272 g/mol. The summed E-state index contributed by atoms with van der Waals surface area (Å²) < 4.78 is 26.3. The highest BCUT2D eigenvalue weighted by atomic mass is 19.3. The number of benzene rings is 2. The molecule has 1 saturated heterocycles. The fourth-order valence-corrected chi connectivity index (χ4v) is 2.54. The molecule has 0 spiro atoms. The summed E-state index contributed by atoms with van der Waals surface area (Å²) in [6.07, 6.45) is -0.105. The number of rotatable bonds is 2. The zero-order chi connectivity index (χ0) is 14.0. The van der Waals surface area contributed by atoms with E-state index < -0.39 is 5.92 Å². The van der Waals surface area contributed by atoms with Crippen LogP contribution in [0.5, 0.6) is 0 Å². The summed E-state index contributed by atoms with van der Waals surface area (Å²) in [7, 11) is 0. The Morgan fingerprint density at radius 1 is 0.850 bits per heavy atom. The van der Waals surface area contributed by atoms with Gasteiger partial charge in [0.2, 0.25) is 0 Å². The van der Waals surface area contributed by atoms with E-state index in [4.69, 9.17) is 0 Å². The van der Waals surface area contributed by atoms with E-state index in [1.165, 1.54) is 0 Å². The number of nitrogens with zero attached hydrogens (tertiary/aromatic N) is 1. The molecule has 1 fully saturated rings. The molecule has 1 heterocycles. The van der Waals surface area contributed by atoms with E-state index in [1.807, 2.05) is 53.4 Å². The third-order valence-electron chi connectivity index (χ3n) is 3.78. The second-order valence-corrected chi connectivity index (χ2v) is 5.18. The Labute approximate surface area is 117 Å².